The lowest BCUT2D eigenvalue weighted by molar-refractivity contribution is -0.385. The molecule has 1 N–H and O–H groups in total. The number of methoxy groups -OCH3 is 1. The van der Waals surface area contributed by atoms with Gasteiger partial charge in [0.15, 0.2) is 15.0 Å². The molecule has 0 saturated carbocycles. The molecule has 0 spiro atoms. The molecule has 2 aromatic rings. The minimum absolute atomic E-state index is 0.0697. The number of nitrogens with zero attached hydrogens (tertiary/aromatic N) is 2. The monoisotopic (exact) mass is 399 g/mol. The Labute approximate surface area is 151 Å². The van der Waals surface area contributed by atoms with Crippen LogP contribution in [-0.2, 0) is 14.6 Å². The van der Waals surface area contributed by atoms with E-state index < -0.39 is 32.3 Å². The number of aryl methyl sites for hydroxylation is 1. The van der Waals surface area contributed by atoms with Crippen LogP contribution in [0, 0.1) is 17.0 Å². The number of carbonyl (C=O) groups excluding carboxylic acids is 2. The van der Waals surface area contributed by atoms with Gasteiger partial charge in [0.05, 0.1) is 22.6 Å². The number of hydrogen-bond acceptors (Lipinski definition) is 9. The van der Waals surface area contributed by atoms with Crippen LogP contribution in [0.1, 0.15) is 25.7 Å². The van der Waals surface area contributed by atoms with Gasteiger partial charge in [-0.2, -0.15) is 0 Å². The molecule has 1 aromatic heterocycles. The van der Waals surface area contributed by atoms with Crippen LogP contribution < -0.4 is 5.32 Å². The molecule has 0 radical (unpaired) electrons. The number of aromatic nitrogens is 1. The lowest BCUT2D eigenvalue weighted by Crippen LogP contribution is -2.13. The number of sulfone groups is 1. The number of nitrogens with one attached hydrogen (secondary N) is 1. The van der Waals surface area contributed by atoms with Gasteiger partial charge >= 0.3 is 5.97 Å². The highest BCUT2D eigenvalue weighted by atomic mass is 32.2. The van der Waals surface area contributed by atoms with Crippen LogP contribution in [-0.4, -0.2) is 43.6 Å². The smallest absolute Gasteiger partial charge is 0.350 e. The fraction of sp³-hybridized carbons (Fsp3) is 0.214. The number of carbonyl (C=O) groups is 2. The molecule has 0 atom stereocenters. The Bertz CT molecular complexity index is 1010. The molecule has 12 heteroatoms. The second-order valence-corrected chi connectivity index (χ2v) is 8.14. The van der Waals surface area contributed by atoms with Crippen LogP contribution in [0.25, 0.3) is 0 Å². The van der Waals surface area contributed by atoms with E-state index in [1.165, 1.54) is 7.11 Å². The predicted molar refractivity (Wildman–Crippen MR) is 92.3 cm³/mol. The molecular formula is C14H13N3O7S2. The Kier molecular flexibility index (Phi) is 5.37. The van der Waals surface area contributed by atoms with E-state index in [1.807, 2.05) is 0 Å². The standard InChI is InChI=1S/C14H13N3O7S2/c1-7-11(13(19)24-2)25-14(15-7)16-12(18)8-4-9(17(20)21)6-10(5-8)26(3,22)23/h4-6H,1-3H3,(H,15,16,18). The second-order valence-electron chi connectivity index (χ2n) is 5.12. The highest BCUT2D eigenvalue weighted by Gasteiger charge is 2.21. The molecule has 0 aliphatic heterocycles. The Balaban J connectivity index is 2.39. The minimum Gasteiger partial charge on any atom is -0.465 e. The number of nitro benzene ring substituents is 1. The Morgan fingerprint density at radius 3 is 2.50 bits per heavy atom. The molecule has 0 aliphatic carbocycles. The lowest BCUT2D eigenvalue weighted by Gasteiger charge is -2.05. The number of thiazole rings is 1. The van der Waals surface area contributed by atoms with Gasteiger partial charge in [0, 0.05) is 24.0 Å². The number of anilines is 1. The molecular weight excluding hydrogens is 386 g/mol. The van der Waals surface area contributed by atoms with Crippen molar-refractivity contribution in [2.45, 2.75) is 11.8 Å². The Morgan fingerprint density at radius 2 is 1.96 bits per heavy atom. The molecule has 138 valence electrons. The van der Waals surface area contributed by atoms with E-state index in [1.54, 1.807) is 6.92 Å². The maximum absolute atomic E-state index is 12.3. The number of rotatable bonds is 5. The number of benzene rings is 1. The van der Waals surface area contributed by atoms with Crippen molar-refractivity contribution in [3.8, 4) is 0 Å². The average molecular weight is 399 g/mol. The fourth-order valence-corrected chi connectivity index (χ4v) is 3.49. The summed E-state index contributed by atoms with van der Waals surface area (Å²) in [6.45, 7) is 1.55. The second kappa shape index (κ2) is 7.17. The van der Waals surface area contributed by atoms with Gasteiger partial charge in [0.25, 0.3) is 11.6 Å². The number of ether oxygens (including phenoxy) is 1. The molecule has 10 nitrogen and oxygen atoms in total. The zero-order chi connectivity index (χ0) is 19.6. The van der Waals surface area contributed by atoms with Crippen molar-refractivity contribution in [2.75, 3.05) is 18.7 Å². The first kappa shape index (κ1) is 19.5. The van der Waals surface area contributed by atoms with Crippen LogP contribution in [0.4, 0.5) is 10.8 Å². The molecule has 0 bridgehead atoms. The first-order valence-corrected chi connectivity index (χ1v) is 9.60. The van der Waals surface area contributed by atoms with Crippen molar-refractivity contribution in [3.05, 3.63) is 44.4 Å². The van der Waals surface area contributed by atoms with Gasteiger partial charge in [0.2, 0.25) is 0 Å². The molecule has 0 saturated heterocycles. The summed E-state index contributed by atoms with van der Waals surface area (Å²) >= 11 is 0.866. The van der Waals surface area contributed by atoms with Gasteiger partial charge in [-0.15, -0.1) is 0 Å². The van der Waals surface area contributed by atoms with Crippen molar-refractivity contribution in [3.63, 3.8) is 0 Å². The van der Waals surface area contributed by atoms with E-state index in [0.717, 1.165) is 35.8 Å². The summed E-state index contributed by atoms with van der Waals surface area (Å²) < 4.78 is 28.0. The third kappa shape index (κ3) is 4.21. The third-order valence-electron chi connectivity index (χ3n) is 3.18. The molecule has 1 heterocycles. The lowest BCUT2D eigenvalue weighted by atomic mass is 10.2. The van der Waals surface area contributed by atoms with E-state index in [-0.39, 0.29) is 20.5 Å². The van der Waals surface area contributed by atoms with E-state index in [4.69, 9.17) is 0 Å². The van der Waals surface area contributed by atoms with Crippen molar-refractivity contribution < 1.29 is 27.7 Å². The van der Waals surface area contributed by atoms with Gasteiger partial charge in [-0.25, -0.2) is 18.2 Å². The fourth-order valence-electron chi connectivity index (χ4n) is 1.94. The van der Waals surface area contributed by atoms with E-state index in [9.17, 15) is 28.1 Å². The van der Waals surface area contributed by atoms with E-state index >= 15 is 0 Å². The quantitative estimate of drug-likeness (QED) is 0.455. The molecule has 0 fully saturated rings. The van der Waals surface area contributed by atoms with Gasteiger partial charge in [-0.3, -0.25) is 20.2 Å². The summed E-state index contributed by atoms with van der Waals surface area (Å²) in [5.41, 5.74) is -0.427. The maximum atomic E-state index is 12.3. The number of nitro groups is 1. The van der Waals surface area contributed by atoms with E-state index in [0.29, 0.717) is 5.69 Å². The molecule has 0 unspecified atom stereocenters. The molecule has 0 aliphatic rings. The topological polar surface area (TPSA) is 146 Å². The Morgan fingerprint density at radius 1 is 1.31 bits per heavy atom. The summed E-state index contributed by atoms with van der Waals surface area (Å²) in [5.74, 6) is -1.42. The highest BCUT2D eigenvalue weighted by molar-refractivity contribution is 7.90. The van der Waals surface area contributed by atoms with Gasteiger partial charge < -0.3 is 4.74 Å². The van der Waals surface area contributed by atoms with Crippen LogP contribution in [0.5, 0.6) is 0 Å². The van der Waals surface area contributed by atoms with Crippen LogP contribution in [0.15, 0.2) is 23.1 Å². The van der Waals surface area contributed by atoms with Crippen molar-refractivity contribution in [1.29, 1.82) is 0 Å². The summed E-state index contributed by atoms with van der Waals surface area (Å²) in [5, 5.41) is 13.4. The van der Waals surface area contributed by atoms with Crippen LogP contribution in [0.2, 0.25) is 0 Å². The zero-order valence-corrected chi connectivity index (χ0v) is 15.4. The van der Waals surface area contributed by atoms with Crippen molar-refractivity contribution in [1.82, 2.24) is 4.98 Å². The predicted octanol–water partition coefficient (Wildman–Crippen LogP) is 1.80. The summed E-state index contributed by atoms with van der Waals surface area (Å²) in [6.07, 6.45) is 0.876. The summed E-state index contributed by atoms with van der Waals surface area (Å²) in [4.78, 5) is 38.0. The first-order valence-electron chi connectivity index (χ1n) is 6.89. The van der Waals surface area contributed by atoms with Gasteiger partial charge in [0.1, 0.15) is 4.88 Å². The number of non-ortho nitro benzene ring substituents is 1. The first-order chi connectivity index (χ1) is 12.0. The molecule has 1 aromatic carbocycles. The molecule has 2 rings (SSSR count). The molecule has 26 heavy (non-hydrogen) atoms. The largest absolute Gasteiger partial charge is 0.465 e. The van der Waals surface area contributed by atoms with Crippen LogP contribution in [0.3, 0.4) is 0 Å². The molecule has 1 amide bonds. The van der Waals surface area contributed by atoms with Gasteiger partial charge in [-0.05, 0) is 13.0 Å². The summed E-state index contributed by atoms with van der Waals surface area (Å²) in [6, 6.07) is 2.85. The van der Waals surface area contributed by atoms with Crippen LogP contribution >= 0.6 is 11.3 Å². The van der Waals surface area contributed by atoms with Crippen molar-refractivity contribution in [2.24, 2.45) is 0 Å². The third-order valence-corrected chi connectivity index (χ3v) is 5.33. The SMILES string of the molecule is COC(=O)c1sc(NC(=O)c2cc([N+](=O)[O-])cc(S(C)(=O)=O)c2)nc1C. The summed E-state index contributed by atoms with van der Waals surface area (Å²) in [7, 11) is -2.56. The zero-order valence-electron chi connectivity index (χ0n) is 13.8. The van der Waals surface area contributed by atoms with Gasteiger partial charge in [-0.1, -0.05) is 11.3 Å². The number of amides is 1. The minimum atomic E-state index is -3.76. The highest BCUT2D eigenvalue weighted by Crippen LogP contribution is 2.25. The van der Waals surface area contributed by atoms with E-state index in [2.05, 4.69) is 15.0 Å². The maximum Gasteiger partial charge on any atom is 0.350 e. The number of hydrogen-bond donors (Lipinski definition) is 1. The van der Waals surface area contributed by atoms with Crippen molar-refractivity contribution >= 4 is 43.9 Å². The average Bonchev–Trinajstić information content (AvgIpc) is 2.93. The normalized spacial score (nSPS) is 11.0. The Hall–Kier alpha value is -2.86. The number of esters is 1.